The summed E-state index contributed by atoms with van der Waals surface area (Å²) in [5, 5.41) is 13.7. The number of hydrogen-bond acceptors (Lipinski definition) is 5. The van der Waals surface area contributed by atoms with E-state index in [1.54, 1.807) is 6.07 Å². The van der Waals surface area contributed by atoms with E-state index in [0.29, 0.717) is 17.7 Å². The van der Waals surface area contributed by atoms with E-state index in [-0.39, 0.29) is 29.1 Å². The van der Waals surface area contributed by atoms with E-state index in [1.807, 2.05) is 46.8 Å². The Labute approximate surface area is 219 Å². The molecule has 6 nitrogen and oxygen atoms in total. The summed E-state index contributed by atoms with van der Waals surface area (Å²) < 4.78 is 6.57. The van der Waals surface area contributed by atoms with Crippen molar-refractivity contribution in [2.24, 2.45) is 16.8 Å². The Hall–Kier alpha value is -3.67. The zero-order chi connectivity index (χ0) is 27.0. The Kier molecular flexibility index (Phi) is 7.39. The highest BCUT2D eigenvalue weighted by Crippen LogP contribution is 2.51. The molecule has 0 radical (unpaired) electrons. The van der Waals surface area contributed by atoms with Gasteiger partial charge in [-0.2, -0.15) is 0 Å². The van der Waals surface area contributed by atoms with E-state index in [1.165, 1.54) is 6.07 Å². The molecule has 0 spiro atoms. The van der Waals surface area contributed by atoms with Crippen molar-refractivity contribution in [2.45, 2.75) is 54.4 Å². The van der Waals surface area contributed by atoms with Gasteiger partial charge in [0.1, 0.15) is 11.5 Å². The molecule has 0 saturated carbocycles. The lowest BCUT2D eigenvalue weighted by atomic mass is 9.72. The van der Waals surface area contributed by atoms with Gasteiger partial charge in [0.05, 0.1) is 11.3 Å². The molecule has 0 saturated heterocycles. The third-order valence-corrected chi connectivity index (χ3v) is 7.21. The van der Waals surface area contributed by atoms with E-state index in [9.17, 15) is 14.7 Å². The van der Waals surface area contributed by atoms with Crippen LogP contribution in [0.25, 0.3) is 0 Å². The Morgan fingerprint density at radius 3 is 2.46 bits per heavy atom. The largest absolute Gasteiger partial charge is 0.478 e. The Morgan fingerprint density at radius 1 is 1.11 bits per heavy atom. The van der Waals surface area contributed by atoms with E-state index >= 15 is 0 Å². The number of carboxylic acids is 1. The van der Waals surface area contributed by atoms with Crippen LogP contribution in [-0.4, -0.2) is 35.7 Å². The summed E-state index contributed by atoms with van der Waals surface area (Å²) in [7, 11) is 0. The topological polar surface area (TPSA) is 88.0 Å². The first-order valence-electron chi connectivity index (χ1n) is 13.0. The molecule has 0 aromatic heterocycles. The summed E-state index contributed by atoms with van der Waals surface area (Å²) in [6.45, 7) is 15.3. The van der Waals surface area contributed by atoms with Gasteiger partial charge in [0, 0.05) is 59.3 Å². The first-order chi connectivity index (χ1) is 17.6. The monoisotopic (exact) mass is 500 g/mol. The maximum Gasteiger partial charge on any atom is 0.336 e. The van der Waals surface area contributed by atoms with Crippen molar-refractivity contribution in [1.29, 1.82) is 0 Å². The molecule has 2 aromatic rings. The second-order valence-corrected chi connectivity index (χ2v) is 10.1. The predicted octanol–water partition coefficient (Wildman–Crippen LogP) is 6.72. The smallest absolute Gasteiger partial charge is 0.336 e. The molecule has 4 rings (SSSR count). The lowest BCUT2D eigenvalue weighted by molar-refractivity contribution is 0.0695. The van der Waals surface area contributed by atoms with Crippen LogP contribution in [0.1, 0.15) is 83.5 Å². The number of nitrogens with zero attached hydrogens (tertiary/aromatic N) is 1. The number of rotatable bonds is 7. The van der Waals surface area contributed by atoms with Gasteiger partial charge in [-0.3, -0.25) is 9.79 Å². The second-order valence-electron chi connectivity index (χ2n) is 10.1. The minimum Gasteiger partial charge on any atom is -0.478 e. The molecule has 2 aromatic carbocycles. The average Bonchev–Trinajstić information content (AvgIpc) is 2.85. The summed E-state index contributed by atoms with van der Waals surface area (Å²) in [5.74, 6) is -0.333. The molecule has 2 unspecified atom stereocenters. The minimum atomic E-state index is -1.05. The fourth-order valence-corrected chi connectivity index (χ4v) is 5.46. The zero-order valence-electron chi connectivity index (χ0n) is 22.7. The van der Waals surface area contributed by atoms with Crippen LogP contribution < -0.4 is 10.1 Å². The van der Waals surface area contributed by atoms with Gasteiger partial charge >= 0.3 is 5.97 Å². The molecule has 37 heavy (non-hydrogen) atoms. The lowest BCUT2D eigenvalue weighted by Crippen LogP contribution is -2.29. The number of aryl methyl sites for hydroxylation is 1. The number of hydrogen-bond donors (Lipinski definition) is 2. The summed E-state index contributed by atoms with van der Waals surface area (Å²) in [6, 6.07) is 7.23. The van der Waals surface area contributed by atoms with Gasteiger partial charge in [0.15, 0.2) is 5.78 Å². The third-order valence-electron chi connectivity index (χ3n) is 7.21. The van der Waals surface area contributed by atoms with E-state index in [0.717, 1.165) is 51.7 Å². The van der Waals surface area contributed by atoms with Gasteiger partial charge in [-0.05, 0) is 63.5 Å². The number of carboxylic acid groups (broad SMARTS) is 1. The molecule has 2 N–H and O–H groups in total. The van der Waals surface area contributed by atoms with Crippen LogP contribution in [0.3, 0.4) is 0 Å². The number of Topliss-reactive ketones (excluding diaryl/α,β-unsaturated/α-hetero) is 1. The maximum absolute atomic E-state index is 12.7. The number of anilines is 1. The molecular formula is C31H36N2O4. The summed E-state index contributed by atoms with van der Waals surface area (Å²) in [4.78, 5) is 29.9. The Balaban J connectivity index is 2.01. The van der Waals surface area contributed by atoms with Crippen molar-refractivity contribution in [2.75, 3.05) is 18.4 Å². The van der Waals surface area contributed by atoms with Gasteiger partial charge in [0.25, 0.3) is 0 Å². The summed E-state index contributed by atoms with van der Waals surface area (Å²) in [6.07, 6.45) is 4.13. The second kappa shape index (κ2) is 10.4. The SMILES string of the molecule is CCN=C1C=C2Oc3c(cc(C)c(NCC)c3C)C(c3ccc(C(=O)C(C)C)cc3C(=O)O)C2C=C1C. The van der Waals surface area contributed by atoms with E-state index in [4.69, 9.17) is 4.74 Å². The lowest BCUT2D eigenvalue weighted by Gasteiger charge is -2.38. The fourth-order valence-electron chi connectivity index (χ4n) is 5.46. The normalized spacial score (nSPS) is 19.5. The number of aliphatic imine (C=N–C) groups is 1. The number of aromatic carboxylic acids is 1. The number of ether oxygens (including phenoxy) is 1. The fraction of sp³-hybridized carbons (Fsp3) is 0.387. The van der Waals surface area contributed by atoms with Crippen LogP contribution in [0.4, 0.5) is 5.69 Å². The van der Waals surface area contributed by atoms with Crippen LogP contribution in [0.5, 0.6) is 5.75 Å². The van der Waals surface area contributed by atoms with Crippen molar-refractivity contribution in [3.63, 3.8) is 0 Å². The van der Waals surface area contributed by atoms with Crippen molar-refractivity contribution in [1.82, 2.24) is 0 Å². The molecule has 2 aliphatic rings. The number of fused-ring (bicyclic) bond motifs is 2. The summed E-state index contributed by atoms with van der Waals surface area (Å²) >= 11 is 0. The quantitative estimate of drug-likeness (QED) is 0.412. The first-order valence-corrected chi connectivity index (χ1v) is 13.0. The Morgan fingerprint density at radius 2 is 1.84 bits per heavy atom. The highest BCUT2D eigenvalue weighted by atomic mass is 16.5. The molecule has 2 atom stereocenters. The number of allylic oxidation sites excluding steroid dienone is 3. The average molecular weight is 501 g/mol. The van der Waals surface area contributed by atoms with Crippen molar-refractivity contribution < 1.29 is 19.4 Å². The van der Waals surface area contributed by atoms with Crippen LogP contribution in [0.2, 0.25) is 0 Å². The molecule has 194 valence electrons. The molecule has 6 heteroatoms. The highest BCUT2D eigenvalue weighted by molar-refractivity contribution is 6.09. The molecule has 1 aliphatic carbocycles. The molecule has 0 bridgehead atoms. The highest BCUT2D eigenvalue weighted by Gasteiger charge is 2.40. The van der Waals surface area contributed by atoms with Crippen molar-refractivity contribution in [3.8, 4) is 5.75 Å². The van der Waals surface area contributed by atoms with Gasteiger partial charge < -0.3 is 15.2 Å². The molecule has 0 amide bonds. The number of carbonyl (C=O) groups is 2. The van der Waals surface area contributed by atoms with Crippen LogP contribution in [-0.2, 0) is 0 Å². The predicted molar refractivity (Wildman–Crippen MR) is 148 cm³/mol. The number of benzene rings is 2. The molecule has 1 aliphatic heterocycles. The first kappa shape index (κ1) is 26.4. The Bertz CT molecular complexity index is 1360. The van der Waals surface area contributed by atoms with E-state index < -0.39 is 5.97 Å². The third kappa shape index (κ3) is 4.73. The minimum absolute atomic E-state index is 0.0715. The molecule has 0 fully saturated rings. The van der Waals surface area contributed by atoms with Gasteiger partial charge in [-0.1, -0.05) is 32.1 Å². The van der Waals surface area contributed by atoms with Gasteiger partial charge in [-0.15, -0.1) is 0 Å². The van der Waals surface area contributed by atoms with Crippen molar-refractivity contribution >= 4 is 23.2 Å². The van der Waals surface area contributed by atoms with Gasteiger partial charge in [0.2, 0.25) is 0 Å². The number of ketones is 1. The number of carbonyl (C=O) groups excluding carboxylic acids is 1. The summed E-state index contributed by atoms with van der Waals surface area (Å²) in [5.41, 5.74) is 7.19. The molecule has 1 heterocycles. The van der Waals surface area contributed by atoms with E-state index in [2.05, 4.69) is 36.3 Å². The zero-order valence-corrected chi connectivity index (χ0v) is 22.7. The number of nitrogens with one attached hydrogen (secondary N) is 1. The maximum atomic E-state index is 12.7. The van der Waals surface area contributed by atoms with Crippen LogP contribution in [0, 0.1) is 25.7 Å². The standard InChI is InChI=1S/C31H36N2O4/c1-8-32-25-15-26-23(12-17(25)5)27(24-13-18(6)28(33-9-2)19(7)30(24)37-26)21-11-10-20(29(34)16(3)4)14-22(21)31(35)36/h10-16,23,27,33H,8-9H2,1-7H3,(H,35,36). The van der Waals surface area contributed by atoms with Crippen LogP contribution in [0.15, 0.2) is 52.7 Å². The van der Waals surface area contributed by atoms with Crippen LogP contribution >= 0.6 is 0 Å². The van der Waals surface area contributed by atoms with Gasteiger partial charge in [-0.25, -0.2) is 4.79 Å². The molecular weight excluding hydrogens is 464 g/mol. The van der Waals surface area contributed by atoms with Crippen molar-refractivity contribution in [3.05, 3.63) is 81.1 Å².